The predicted molar refractivity (Wildman–Crippen MR) is 85.0 cm³/mol. The molecule has 0 amide bonds. The van der Waals surface area contributed by atoms with E-state index in [2.05, 4.69) is 11.1 Å². The Morgan fingerprint density at radius 2 is 2.26 bits per heavy atom. The molecular formula is C18H19N3O2. The molecule has 5 nitrogen and oxygen atoms in total. The van der Waals surface area contributed by atoms with Crippen molar-refractivity contribution in [3.05, 3.63) is 48.5 Å². The fraction of sp³-hybridized carbons (Fsp3) is 0.389. The van der Waals surface area contributed by atoms with E-state index in [0.29, 0.717) is 18.5 Å². The highest BCUT2D eigenvalue weighted by Gasteiger charge is 2.63. The third-order valence-corrected chi connectivity index (χ3v) is 4.83. The number of carbonyl (C=O) groups is 1. The molecule has 0 saturated heterocycles. The normalized spacial score (nSPS) is 23.9. The molecule has 3 rings (SSSR count). The molecule has 1 aliphatic rings. The number of hydrogen-bond donors (Lipinski definition) is 1. The average molecular weight is 309 g/mol. The number of nitriles is 1. The molecule has 1 aromatic carbocycles. The summed E-state index contributed by atoms with van der Waals surface area (Å²) < 4.78 is 1.84. The maximum absolute atomic E-state index is 11.9. The maximum Gasteiger partial charge on any atom is 0.316 e. The molecule has 5 heteroatoms. The van der Waals surface area contributed by atoms with Crippen molar-refractivity contribution in [3.8, 4) is 11.8 Å². The molecule has 118 valence electrons. The molecule has 1 aliphatic carbocycles. The number of hydrogen-bond acceptors (Lipinski definition) is 3. The standard InChI is InChI=1S/C18H19N3O2/c1-2-13(10-19)8-14-9-18(14,17(22)23)16-11-21(12-20-16)15-6-4-3-5-7-15/h3-7,11-14H,2,8-9H2,1H3,(H,22,23)/t13?,14-,18+/m0/s1. The first-order valence-electron chi connectivity index (χ1n) is 7.84. The van der Waals surface area contributed by atoms with Gasteiger partial charge in [-0.2, -0.15) is 5.26 Å². The van der Waals surface area contributed by atoms with Crippen molar-refractivity contribution in [2.24, 2.45) is 11.8 Å². The van der Waals surface area contributed by atoms with E-state index >= 15 is 0 Å². The van der Waals surface area contributed by atoms with Crippen LogP contribution in [-0.4, -0.2) is 20.6 Å². The SMILES string of the molecule is CCC(C#N)C[C@H]1C[C@]1(C(=O)O)c1cn(-c2ccccc2)cn1. The number of para-hydroxylation sites is 1. The number of benzene rings is 1. The van der Waals surface area contributed by atoms with Crippen molar-refractivity contribution in [2.75, 3.05) is 0 Å². The summed E-state index contributed by atoms with van der Waals surface area (Å²) >= 11 is 0. The Morgan fingerprint density at radius 3 is 2.87 bits per heavy atom. The highest BCUT2D eigenvalue weighted by molar-refractivity contribution is 5.85. The summed E-state index contributed by atoms with van der Waals surface area (Å²) in [4.78, 5) is 16.2. The van der Waals surface area contributed by atoms with Crippen molar-refractivity contribution < 1.29 is 9.90 Å². The molecule has 0 spiro atoms. The van der Waals surface area contributed by atoms with Gasteiger partial charge in [0, 0.05) is 17.8 Å². The van der Waals surface area contributed by atoms with Gasteiger partial charge in [-0.1, -0.05) is 25.1 Å². The van der Waals surface area contributed by atoms with Gasteiger partial charge in [0.2, 0.25) is 0 Å². The van der Waals surface area contributed by atoms with Gasteiger partial charge in [-0.25, -0.2) is 4.98 Å². The Kier molecular flexibility index (Phi) is 3.91. The number of imidazole rings is 1. The highest BCUT2D eigenvalue weighted by atomic mass is 16.4. The van der Waals surface area contributed by atoms with E-state index < -0.39 is 11.4 Å². The lowest BCUT2D eigenvalue weighted by atomic mass is 9.93. The van der Waals surface area contributed by atoms with Crippen LogP contribution in [0.15, 0.2) is 42.9 Å². The Labute approximate surface area is 135 Å². The Hall–Kier alpha value is -2.61. The van der Waals surface area contributed by atoms with Crippen molar-refractivity contribution in [1.29, 1.82) is 5.26 Å². The third-order valence-electron chi connectivity index (χ3n) is 4.83. The molecule has 3 atom stereocenters. The van der Waals surface area contributed by atoms with Crippen molar-refractivity contribution in [2.45, 2.75) is 31.6 Å². The monoisotopic (exact) mass is 309 g/mol. The fourth-order valence-corrected chi connectivity index (χ4v) is 3.25. The summed E-state index contributed by atoms with van der Waals surface area (Å²) in [6, 6.07) is 12.0. The van der Waals surface area contributed by atoms with E-state index in [9.17, 15) is 9.90 Å². The van der Waals surface area contributed by atoms with E-state index in [1.54, 1.807) is 12.5 Å². The van der Waals surface area contributed by atoms with Crippen LogP contribution >= 0.6 is 0 Å². The second-order valence-corrected chi connectivity index (χ2v) is 6.15. The van der Waals surface area contributed by atoms with E-state index in [0.717, 1.165) is 12.1 Å². The molecule has 0 bridgehead atoms. The topological polar surface area (TPSA) is 78.9 Å². The Morgan fingerprint density at radius 1 is 1.52 bits per heavy atom. The van der Waals surface area contributed by atoms with Crippen molar-refractivity contribution in [1.82, 2.24) is 9.55 Å². The Balaban J connectivity index is 1.86. The van der Waals surface area contributed by atoms with Gasteiger partial charge < -0.3 is 9.67 Å². The molecule has 23 heavy (non-hydrogen) atoms. The van der Waals surface area contributed by atoms with E-state index in [-0.39, 0.29) is 11.8 Å². The van der Waals surface area contributed by atoms with E-state index in [4.69, 9.17) is 5.26 Å². The van der Waals surface area contributed by atoms with Crippen LogP contribution in [0.3, 0.4) is 0 Å². The lowest BCUT2D eigenvalue weighted by molar-refractivity contribution is -0.140. The number of carboxylic acids is 1. The zero-order valence-electron chi connectivity index (χ0n) is 13.0. The lowest BCUT2D eigenvalue weighted by Gasteiger charge is -2.11. The summed E-state index contributed by atoms with van der Waals surface area (Å²) in [5, 5.41) is 18.9. The molecule has 1 unspecified atom stereocenters. The van der Waals surface area contributed by atoms with Crippen LogP contribution < -0.4 is 0 Å². The first-order chi connectivity index (χ1) is 11.1. The average Bonchev–Trinajstić information content (AvgIpc) is 3.09. The minimum atomic E-state index is -0.926. The second kappa shape index (κ2) is 5.88. The highest BCUT2D eigenvalue weighted by Crippen LogP contribution is 2.57. The smallest absolute Gasteiger partial charge is 0.316 e. The molecule has 1 N–H and O–H groups in total. The zero-order valence-corrected chi connectivity index (χ0v) is 13.0. The van der Waals surface area contributed by atoms with Crippen LogP contribution in [0.5, 0.6) is 0 Å². The van der Waals surface area contributed by atoms with Crippen LogP contribution in [0, 0.1) is 23.2 Å². The summed E-state index contributed by atoms with van der Waals surface area (Å²) in [5.74, 6) is -0.935. The van der Waals surface area contributed by atoms with Gasteiger partial charge in [-0.15, -0.1) is 0 Å². The first-order valence-corrected chi connectivity index (χ1v) is 7.84. The molecular weight excluding hydrogens is 290 g/mol. The number of carboxylic acid groups (broad SMARTS) is 1. The molecule has 1 fully saturated rings. The molecule has 0 aliphatic heterocycles. The second-order valence-electron chi connectivity index (χ2n) is 6.15. The first kappa shape index (κ1) is 15.3. The van der Waals surface area contributed by atoms with Crippen LogP contribution in [0.25, 0.3) is 5.69 Å². The van der Waals surface area contributed by atoms with Crippen LogP contribution in [0.1, 0.15) is 31.9 Å². The van der Waals surface area contributed by atoms with Gasteiger partial charge in [0.25, 0.3) is 0 Å². The predicted octanol–water partition coefficient (Wildman–Crippen LogP) is 3.15. The van der Waals surface area contributed by atoms with E-state index in [1.807, 2.05) is 41.8 Å². The van der Waals surface area contributed by atoms with Gasteiger partial charge >= 0.3 is 5.97 Å². The van der Waals surface area contributed by atoms with Gasteiger partial charge in [0.1, 0.15) is 5.41 Å². The molecule has 1 heterocycles. The summed E-state index contributed by atoms with van der Waals surface area (Å²) in [6.45, 7) is 1.96. The minimum Gasteiger partial charge on any atom is -0.481 e. The molecule has 1 saturated carbocycles. The van der Waals surface area contributed by atoms with Gasteiger partial charge in [-0.3, -0.25) is 4.79 Å². The minimum absolute atomic E-state index is 0.0104. The number of aromatic nitrogens is 2. The van der Waals surface area contributed by atoms with Crippen molar-refractivity contribution >= 4 is 5.97 Å². The summed E-state index contributed by atoms with van der Waals surface area (Å²) in [5.41, 5.74) is 0.615. The number of nitrogens with zero attached hydrogens (tertiary/aromatic N) is 3. The maximum atomic E-state index is 11.9. The van der Waals surface area contributed by atoms with Crippen molar-refractivity contribution in [3.63, 3.8) is 0 Å². The number of aliphatic carboxylic acids is 1. The van der Waals surface area contributed by atoms with Crippen LogP contribution in [-0.2, 0) is 10.2 Å². The van der Waals surface area contributed by atoms with E-state index in [1.165, 1.54) is 0 Å². The Bertz CT molecular complexity index is 747. The molecule has 1 aromatic heterocycles. The number of rotatable bonds is 6. The fourth-order valence-electron chi connectivity index (χ4n) is 3.25. The molecule has 0 radical (unpaired) electrons. The van der Waals surface area contributed by atoms with Gasteiger partial charge in [0.15, 0.2) is 0 Å². The van der Waals surface area contributed by atoms with Crippen LogP contribution in [0.2, 0.25) is 0 Å². The quantitative estimate of drug-likeness (QED) is 0.889. The van der Waals surface area contributed by atoms with Gasteiger partial charge in [0.05, 0.1) is 18.1 Å². The summed E-state index contributed by atoms with van der Waals surface area (Å²) in [6.07, 6.45) is 5.40. The zero-order chi connectivity index (χ0) is 16.4. The molecule has 2 aromatic rings. The van der Waals surface area contributed by atoms with Crippen LogP contribution in [0.4, 0.5) is 0 Å². The lowest BCUT2D eigenvalue weighted by Crippen LogP contribution is -2.23. The summed E-state index contributed by atoms with van der Waals surface area (Å²) in [7, 11) is 0. The van der Waals surface area contributed by atoms with Gasteiger partial charge in [-0.05, 0) is 37.3 Å². The largest absolute Gasteiger partial charge is 0.481 e. The third kappa shape index (κ3) is 2.61.